The Hall–Kier alpha value is -1.28. The van der Waals surface area contributed by atoms with E-state index in [1.165, 1.54) is 10.9 Å². The molecule has 0 aliphatic rings. The minimum Gasteiger partial charge on any atom is -0.387 e. The molecular formula is C11H13NO. The minimum atomic E-state index is -0.405. The average Bonchev–Trinajstić information content (AvgIpc) is 2.45. The van der Waals surface area contributed by atoms with Gasteiger partial charge in [-0.15, -0.1) is 0 Å². The van der Waals surface area contributed by atoms with Crippen LogP contribution in [0, 0.1) is 0 Å². The summed E-state index contributed by atoms with van der Waals surface area (Å²) in [6.45, 7) is 1.79. The predicted octanol–water partition coefficient (Wildman–Crippen LogP) is 2.23. The molecule has 1 aromatic carbocycles. The number of aromatic nitrogens is 1. The SMILES string of the molecule is C[C@@H](O)c1cc2ccccc2n1C. The molecule has 0 radical (unpaired) electrons. The summed E-state index contributed by atoms with van der Waals surface area (Å²) < 4.78 is 2.03. The summed E-state index contributed by atoms with van der Waals surface area (Å²) in [5, 5.41) is 10.7. The molecular weight excluding hydrogens is 162 g/mol. The molecule has 0 saturated carbocycles. The highest BCUT2D eigenvalue weighted by atomic mass is 16.3. The van der Waals surface area contributed by atoms with Gasteiger partial charge in [0.15, 0.2) is 0 Å². The Morgan fingerprint density at radius 1 is 1.31 bits per heavy atom. The Balaban J connectivity index is 2.74. The largest absolute Gasteiger partial charge is 0.387 e. The number of benzene rings is 1. The first-order chi connectivity index (χ1) is 6.20. The zero-order valence-corrected chi connectivity index (χ0v) is 7.86. The molecule has 13 heavy (non-hydrogen) atoms. The van der Waals surface area contributed by atoms with Crippen LogP contribution in [0.2, 0.25) is 0 Å². The molecule has 1 aromatic heterocycles. The van der Waals surface area contributed by atoms with E-state index in [4.69, 9.17) is 0 Å². The van der Waals surface area contributed by atoms with Crippen molar-refractivity contribution in [2.75, 3.05) is 0 Å². The van der Waals surface area contributed by atoms with Gasteiger partial charge in [-0.25, -0.2) is 0 Å². The molecule has 2 heteroatoms. The topological polar surface area (TPSA) is 25.2 Å². The Labute approximate surface area is 77.4 Å². The lowest BCUT2D eigenvalue weighted by Crippen LogP contribution is -1.99. The van der Waals surface area contributed by atoms with Crippen molar-refractivity contribution in [3.05, 3.63) is 36.0 Å². The number of rotatable bonds is 1. The predicted molar refractivity (Wildman–Crippen MR) is 53.6 cm³/mol. The van der Waals surface area contributed by atoms with Crippen LogP contribution in [0.15, 0.2) is 30.3 Å². The molecule has 0 fully saturated rings. The fourth-order valence-electron chi connectivity index (χ4n) is 1.71. The molecule has 0 aliphatic heterocycles. The van der Waals surface area contributed by atoms with E-state index in [2.05, 4.69) is 12.1 Å². The molecule has 2 nitrogen and oxygen atoms in total. The first-order valence-electron chi connectivity index (χ1n) is 4.42. The normalized spacial score (nSPS) is 13.5. The highest BCUT2D eigenvalue weighted by molar-refractivity contribution is 5.81. The maximum absolute atomic E-state index is 9.48. The molecule has 0 unspecified atom stereocenters. The Morgan fingerprint density at radius 2 is 2.00 bits per heavy atom. The summed E-state index contributed by atoms with van der Waals surface area (Å²) >= 11 is 0. The number of para-hydroxylation sites is 1. The van der Waals surface area contributed by atoms with Gasteiger partial charge in [0.2, 0.25) is 0 Å². The molecule has 1 N–H and O–H groups in total. The summed E-state index contributed by atoms with van der Waals surface area (Å²) in [4.78, 5) is 0. The summed E-state index contributed by atoms with van der Waals surface area (Å²) in [6.07, 6.45) is -0.405. The quantitative estimate of drug-likeness (QED) is 0.706. The van der Waals surface area contributed by atoms with E-state index >= 15 is 0 Å². The van der Waals surface area contributed by atoms with Crippen LogP contribution >= 0.6 is 0 Å². The Morgan fingerprint density at radius 3 is 2.62 bits per heavy atom. The second kappa shape index (κ2) is 2.89. The molecule has 1 heterocycles. The van der Waals surface area contributed by atoms with E-state index in [1.807, 2.05) is 29.8 Å². The number of fused-ring (bicyclic) bond motifs is 1. The van der Waals surface area contributed by atoms with Gasteiger partial charge in [0.25, 0.3) is 0 Å². The van der Waals surface area contributed by atoms with Gasteiger partial charge in [0, 0.05) is 18.3 Å². The molecule has 0 spiro atoms. The fraction of sp³-hybridized carbons (Fsp3) is 0.273. The third-order valence-electron chi connectivity index (χ3n) is 2.42. The number of aliphatic hydroxyl groups excluding tert-OH is 1. The van der Waals surface area contributed by atoms with E-state index < -0.39 is 6.10 Å². The number of aryl methyl sites for hydroxylation is 1. The maximum Gasteiger partial charge on any atom is 0.0912 e. The van der Waals surface area contributed by atoms with E-state index in [0.29, 0.717) is 0 Å². The zero-order valence-electron chi connectivity index (χ0n) is 7.86. The lowest BCUT2D eigenvalue weighted by Gasteiger charge is -2.05. The number of nitrogens with zero attached hydrogens (tertiary/aromatic N) is 1. The van der Waals surface area contributed by atoms with Crippen LogP contribution in [0.5, 0.6) is 0 Å². The van der Waals surface area contributed by atoms with Crippen molar-refractivity contribution in [2.45, 2.75) is 13.0 Å². The van der Waals surface area contributed by atoms with Gasteiger partial charge in [-0.2, -0.15) is 0 Å². The van der Waals surface area contributed by atoms with Crippen molar-refractivity contribution < 1.29 is 5.11 Å². The summed E-state index contributed by atoms with van der Waals surface area (Å²) in [7, 11) is 1.98. The molecule has 68 valence electrons. The second-order valence-corrected chi connectivity index (χ2v) is 3.36. The number of hydrogen-bond donors (Lipinski definition) is 1. The highest BCUT2D eigenvalue weighted by Gasteiger charge is 2.08. The van der Waals surface area contributed by atoms with E-state index in [1.54, 1.807) is 6.92 Å². The van der Waals surface area contributed by atoms with Gasteiger partial charge in [-0.3, -0.25) is 0 Å². The second-order valence-electron chi connectivity index (χ2n) is 3.36. The van der Waals surface area contributed by atoms with Crippen LogP contribution < -0.4 is 0 Å². The smallest absolute Gasteiger partial charge is 0.0912 e. The van der Waals surface area contributed by atoms with Crippen LogP contribution in [0.25, 0.3) is 10.9 Å². The van der Waals surface area contributed by atoms with Crippen LogP contribution in [-0.2, 0) is 7.05 Å². The monoisotopic (exact) mass is 175 g/mol. The summed E-state index contributed by atoms with van der Waals surface area (Å²) in [5.74, 6) is 0. The van der Waals surface area contributed by atoms with Crippen molar-refractivity contribution in [1.82, 2.24) is 4.57 Å². The lowest BCUT2D eigenvalue weighted by molar-refractivity contribution is 0.191. The minimum absolute atomic E-state index is 0.405. The highest BCUT2D eigenvalue weighted by Crippen LogP contribution is 2.22. The maximum atomic E-state index is 9.48. The first-order valence-corrected chi connectivity index (χ1v) is 4.42. The lowest BCUT2D eigenvalue weighted by atomic mass is 10.2. The van der Waals surface area contributed by atoms with Gasteiger partial charge in [-0.05, 0) is 24.4 Å². The standard InChI is InChI=1S/C11H13NO/c1-8(13)11-7-9-5-3-4-6-10(9)12(11)2/h3-8,13H,1-2H3/t8-/m1/s1. The van der Waals surface area contributed by atoms with Gasteiger partial charge >= 0.3 is 0 Å². The molecule has 0 saturated heterocycles. The van der Waals surface area contributed by atoms with Crippen LogP contribution in [0.4, 0.5) is 0 Å². The van der Waals surface area contributed by atoms with Crippen molar-refractivity contribution in [2.24, 2.45) is 7.05 Å². The third kappa shape index (κ3) is 1.23. The zero-order chi connectivity index (χ0) is 9.42. The molecule has 0 amide bonds. The fourth-order valence-corrected chi connectivity index (χ4v) is 1.71. The molecule has 0 aliphatic carbocycles. The Bertz CT molecular complexity index is 429. The number of hydrogen-bond acceptors (Lipinski definition) is 1. The summed E-state index contributed by atoms with van der Waals surface area (Å²) in [6, 6.07) is 10.2. The van der Waals surface area contributed by atoms with Crippen LogP contribution in [0.3, 0.4) is 0 Å². The molecule has 1 atom stereocenters. The van der Waals surface area contributed by atoms with Crippen molar-refractivity contribution in [1.29, 1.82) is 0 Å². The van der Waals surface area contributed by atoms with Gasteiger partial charge in [0.1, 0.15) is 0 Å². The van der Waals surface area contributed by atoms with Crippen molar-refractivity contribution >= 4 is 10.9 Å². The van der Waals surface area contributed by atoms with E-state index in [0.717, 1.165) is 5.69 Å². The van der Waals surface area contributed by atoms with E-state index in [9.17, 15) is 5.11 Å². The van der Waals surface area contributed by atoms with Crippen LogP contribution in [-0.4, -0.2) is 9.67 Å². The third-order valence-corrected chi connectivity index (χ3v) is 2.42. The van der Waals surface area contributed by atoms with Crippen LogP contribution in [0.1, 0.15) is 18.7 Å². The number of aliphatic hydroxyl groups is 1. The van der Waals surface area contributed by atoms with Gasteiger partial charge in [-0.1, -0.05) is 18.2 Å². The van der Waals surface area contributed by atoms with E-state index in [-0.39, 0.29) is 0 Å². The summed E-state index contributed by atoms with van der Waals surface area (Å²) in [5.41, 5.74) is 2.12. The van der Waals surface area contributed by atoms with Gasteiger partial charge < -0.3 is 9.67 Å². The Kier molecular flexibility index (Phi) is 1.85. The molecule has 0 bridgehead atoms. The average molecular weight is 175 g/mol. The van der Waals surface area contributed by atoms with Crippen molar-refractivity contribution in [3.8, 4) is 0 Å². The van der Waals surface area contributed by atoms with Crippen molar-refractivity contribution in [3.63, 3.8) is 0 Å². The molecule has 2 aromatic rings. The van der Waals surface area contributed by atoms with Gasteiger partial charge in [0.05, 0.1) is 6.10 Å². The first kappa shape index (κ1) is 8.32. The molecule has 2 rings (SSSR count).